The largest absolute Gasteiger partial charge is 0.490 e. The summed E-state index contributed by atoms with van der Waals surface area (Å²) in [6, 6.07) is 11.9. The summed E-state index contributed by atoms with van der Waals surface area (Å²) in [6.45, 7) is 2.29. The zero-order valence-electron chi connectivity index (χ0n) is 17.7. The number of nitrogens with zero attached hydrogens (tertiary/aromatic N) is 1. The van der Waals surface area contributed by atoms with Crippen LogP contribution in [0.4, 0.5) is 0 Å². The maximum atomic E-state index is 13.3. The summed E-state index contributed by atoms with van der Waals surface area (Å²) in [7, 11) is 0. The van der Waals surface area contributed by atoms with Crippen LogP contribution in [-0.2, 0) is 23.2 Å². The zero-order valence-corrected chi connectivity index (χ0v) is 17.7. The molecule has 3 atom stereocenters. The molecule has 0 saturated carbocycles. The predicted octanol–water partition coefficient (Wildman–Crippen LogP) is 3.32. The van der Waals surface area contributed by atoms with Gasteiger partial charge in [0.05, 0.1) is 12.0 Å². The molecule has 31 heavy (non-hydrogen) atoms. The minimum absolute atomic E-state index is 0.0689. The van der Waals surface area contributed by atoms with Gasteiger partial charge in [-0.25, -0.2) is 0 Å². The SMILES string of the molecule is C[C@H]1Cc2cc(CC(=O)N3[C@H]4CC[C@H]3CC(O)(c3ccc5c(c3)OCO5)C4)ccc2O1. The number of amides is 1. The van der Waals surface area contributed by atoms with Crippen molar-refractivity contribution in [1.82, 2.24) is 4.90 Å². The third-order valence-corrected chi connectivity index (χ3v) is 7.28. The van der Waals surface area contributed by atoms with E-state index in [0.717, 1.165) is 41.9 Å². The van der Waals surface area contributed by atoms with Crippen LogP contribution in [0.15, 0.2) is 36.4 Å². The van der Waals surface area contributed by atoms with Crippen molar-refractivity contribution < 1.29 is 24.1 Å². The van der Waals surface area contributed by atoms with E-state index in [4.69, 9.17) is 14.2 Å². The molecule has 4 aliphatic rings. The van der Waals surface area contributed by atoms with E-state index in [9.17, 15) is 9.90 Å². The third-order valence-electron chi connectivity index (χ3n) is 7.28. The normalized spacial score (nSPS) is 30.3. The Morgan fingerprint density at radius 2 is 1.81 bits per heavy atom. The summed E-state index contributed by atoms with van der Waals surface area (Å²) in [5.41, 5.74) is 2.15. The standard InChI is InChI=1S/C25H27NO5/c1-15-8-17-9-16(2-6-21(17)31-15)10-24(27)26-19-4-5-20(26)13-25(28,12-19)18-3-7-22-23(11-18)30-14-29-22/h2-3,6-7,9,11,15,19-20,28H,4-5,8,10,12-14H2,1H3/t15-,19-,20-/m0/s1. The molecule has 0 radical (unpaired) electrons. The second kappa shape index (κ2) is 6.89. The van der Waals surface area contributed by atoms with Gasteiger partial charge >= 0.3 is 0 Å². The highest BCUT2D eigenvalue weighted by Gasteiger charge is 2.50. The molecule has 0 unspecified atom stereocenters. The molecule has 6 heteroatoms. The first-order valence-corrected chi connectivity index (χ1v) is 11.2. The fourth-order valence-corrected chi connectivity index (χ4v) is 5.91. The van der Waals surface area contributed by atoms with Gasteiger partial charge in [0.25, 0.3) is 0 Å². The van der Waals surface area contributed by atoms with Crippen molar-refractivity contribution in [2.75, 3.05) is 6.79 Å². The molecular formula is C25H27NO5. The molecule has 2 bridgehead atoms. The molecule has 1 amide bonds. The Labute approximate surface area is 181 Å². The van der Waals surface area contributed by atoms with E-state index in [1.54, 1.807) is 0 Å². The van der Waals surface area contributed by atoms with Crippen molar-refractivity contribution in [1.29, 1.82) is 0 Å². The number of carbonyl (C=O) groups is 1. The van der Waals surface area contributed by atoms with Gasteiger partial charge in [-0.2, -0.15) is 0 Å². The van der Waals surface area contributed by atoms with Crippen LogP contribution in [0.1, 0.15) is 49.3 Å². The Balaban J connectivity index is 1.19. The van der Waals surface area contributed by atoms with Gasteiger partial charge in [-0.05, 0) is 54.7 Å². The fourth-order valence-electron chi connectivity index (χ4n) is 5.91. The van der Waals surface area contributed by atoms with Gasteiger partial charge in [-0.3, -0.25) is 4.79 Å². The molecule has 0 aliphatic carbocycles. The lowest BCUT2D eigenvalue weighted by molar-refractivity contribution is -0.141. The molecule has 2 fully saturated rings. The molecule has 6 rings (SSSR count). The van der Waals surface area contributed by atoms with Gasteiger partial charge in [0.2, 0.25) is 12.7 Å². The Bertz CT molecular complexity index is 1040. The van der Waals surface area contributed by atoms with Crippen LogP contribution in [0.3, 0.4) is 0 Å². The predicted molar refractivity (Wildman–Crippen MR) is 113 cm³/mol. The average molecular weight is 421 g/mol. The van der Waals surface area contributed by atoms with Gasteiger partial charge < -0.3 is 24.2 Å². The van der Waals surface area contributed by atoms with Crippen LogP contribution in [0.5, 0.6) is 17.2 Å². The van der Waals surface area contributed by atoms with E-state index < -0.39 is 5.60 Å². The summed E-state index contributed by atoms with van der Waals surface area (Å²) in [5.74, 6) is 2.51. The number of hydrogen-bond acceptors (Lipinski definition) is 5. The quantitative estimate of drug-likeness (QED) is 0.824. The van der Waals surface area contributed by atoms with Crippen LogP contribution < -0.4 is 14.2 Å². The van der Waals surface area contributed by atoms with Crippen LogP contribution in [-0.4, -0.2) is 40.9 Å². The van der Waals surface area contributed by atoms with Crippen LogP contribution >= 0.6 is 0 Å². The maximum absolute atomic E-state index is 13.3. The molecule has 0 aromatic heterocycles. The first-order valence-electron chi connectivity index (χ1n) is 11.2. The second-order valence-corrected chi connectivity index (χ2v) is 9.45. The van der Waals surface area contributed by atoms with Crippen molar-refractivity contribution >= 4 is 5.91 Å². The molecule has 2 aromatic rings. The average Bonchev–Trinajstić information content (AvgIpc) is 3.42. The lowest BCUT2D eigenvalue weighted by atomic mass is 9.80. The fraction of sp³-hybridized carbons (Fsp3) is 0.480. The first kappa shape index (κ1) is 19.0. The molecule has 162 valence electrons. The highest BCUT2D eigenvalue weighted by atomic mass is 16.7. The van der Waals surface area contributed by atoms with Crippen molar-refractivity contribution in [3.05, 3.63) is 53.1 Å². The first-order chi connectivity index (χ1) is 15.0. The Morgan fingerprint density at radius 1 is 1.06 bits per heavy atom. The van der Waals surface area contributed by atoms with Crippen molar-refractivity contribution in [2.24, 2.45) is 0 Å². The summed E-state index contributed by atoms with van der Waals surface area (Å²) in [5, 5.41) is 11.5. The summed E-state index contributed by atoms with van der Waals surface area (Å²) in [6.07, 6.45) is 4.51. The molecule has 4 aliphatic heterocycles. The van der Waals surface area contributed by atoms with E-state index in [1.807, 2.05) is 35.2 Å². The van der Waals surface area contributed by atoms with Crippen molar-refractivity contribution in [3.8, 4) is 17.2 Å². The maximum Gasteiger partial charge on any atom is 0.231 e. The summed E-state index contributed by atoms with van der Waals surface area (Å²) in [4.78, 5) is 15.3. The smallest absolute Gasteiger partial charge is 0.231 e. The van der Waals surface area contributed by atoms with E-state index in [2.05, 4.69) is 13.0 Å². The monoisotopic (exact) mass is 421 g/mol. The number of carbonyl (C=O) groups excluding carboxylic acids is 1. The second-order valence-electron chi connectivity index (χ2n) is 9.45. The number of piperidine rings is 1. The number of aliphatic hydroxyl groups is 1. The van der Waals surface area contributed by atoms with Gasteiger partial charge in [0.1, 0.15) is 11.9 Å². The van der Waals surface area contributed by atoms with Gasteiger partial charge in [0.15, 0.2) is 11.5 Å². The number of benzene rings is 2. The van der Waals surface area contributed by atoms with Crippen molar-refractivity contribution in [2.45, 2.75) is 69.2 Å². The van der Waals surface area contributed by atoms with Gasteiger partial charge in [-0.15, -0.1) is 0 Å². The van der Waals surface area contributed by atoms with Crippen LogP contribution in [0, 0.1) is 0 Å². The number of fused-ring (bicyclic) bond motifs is 4. The Kier molecular flexibility index (Phi) is 4.22. The summed E-state index contributed by atoms with van der Waals surface area (Å²) >= 11 is 0. The molecule has 2 aromatic carbocycles. The molecule has 6 nitrogen and oxygen atoms in total. The van der Waals surface area contributed by atoms with E-state index in [-0.39, 0.29) is 30.9 Å². The van der Waals surface area contributed by atoms with Crippen LogP contribution in [0.25, 0.3) is 0 Å². The lowest BCUT2D eigenvalue weighted by Crippen LogP contribution is -2.52. The van der Waals surface area contributed by atoms with E-state index >= 15 is 0 Å². The highest BCUT2D eigenvalue weighted by Crippen LogP contribution is 2.47. The molecule has 0 spiro atoms. The number of ether oxygens (including phenoxy) is 3. The third kappa shape index (κ3) is 3.16. The molecular weight excluding hydrogens is 394 g/mol. The molecule has 2 saturated heterocycles. The Hall–Kier alpha value is -2.73. The molecule has 1 N–H and O–H groups in total. The van der Waals surface area contributed by atoms with E-state index in [1.165, 1.54) is 5.56 Å². The summed E-state index contributed by atoms with van der Waals surface area (Å²) < 4.78 is 16.7. The number of rotatable bonds is 3. The highest BCUT2D eigenvalue weighted by molar-refractivity contribution is 5.80. The Morgan fingerprint density at radius 3 is 2.61 bits per heavy atom. The minimum Gasteiger partial charge on any atom is -0.490 e. The minimum atomic E-state index is -0.940. The van der Waals surface area contributed by atoms with Gasteiger partial charge in [-0.1, -0.05) is 18.2 Å². The molecule has 4 heterocycles. The van der Waals surface area contributed by atoms with Crippen LogP contribution in [0.2, 0.25) is 0 Å². The van der Waals surface area contributed by atoms with E-state index in [0.29, 0.717) is 25.0 Å². The number of hydrogen-bond donors (Lipinski definition) is 1. The topological polar surface area (TPSA) is 68.2 Å². The lowest BCUT2D eigenvalue weighted by Gasteiger charge is -2.44. The van der Waals surface area contributed by atoms with Gasteiger partial charge in [0, 0.05) is 31.3 Å². The van der Waals surface area contributed by atoms with Crippen molar-refractivity contribution in [3.63, 3.8) is 0 Å². The zero-order chi connectivity index (χ0) is 21.2.